The van der Waals surface area contributed by atoms with Crippen molar-refractivity contribution in [2.45, 2.75) is 6.54 Å². The number of nitrogens with zero attached hydrogens (tertiary/aromatic N) is 6. The highest BCUT2D eigenvalue weighted by atomic mass is 35.5. The maximum absolute atomic E-state index is 13.4. The van der Waals surface area contributed by atoms with E-state index >= 15 is 0 Å². The first-order valence-corrected chi connectivity index (χ1v) is 10.4. The Bertz CT molecular complexity index is 1740. The summed E-state index contributed by atoms with van der Waals surface area (Å²) in [5, 5.41) is 4.45. The summed E-state index contributed by atoms with van der Waals surface area (Å²) in [6, 6.07) is 9.00. The van der Waals surface area contributed by atoms with Gasteiger partial charge in [0, 0.05) is 49.0 Å². The zero-order valence-electron chi connectivity index (χ0n) is 18.0. The summed E-state index contributed by atoms with van der Waals surface area (Å²) < 4.78 is 5.97. The number of fused-ring (bicyclic) bond motifs is 2. The first-order valence-electron chi connectivity index (χ1n) is 9.97. The summed E-state index contributed by atoms with van der Waals surface area (Å²) in [6.07, 6.45) is 1.44. The Morgan fingerprint density at radius 3 is 2.55 bits per heavy atom. The first-order chi connectivity index (χ1) is 15.7. The smallest absolute Gasteiger partial charge is 0.346 e. The van der Waals surface area contributed by atoms with Gasteiger partial charge in [-0.1, -0.05) is 11.6 Å². The third-order valence-electron chi connectivity index (χ3n) is 5.69. The van der Waals surface area contributed by atoms with Crippen molar-refractivity contribution in [2.75, 3.05) is 5.32 Å². The number of anilines is 2. The van der Waals surface area contributed by atoms with E-state index in [4.69, 9.17) is 11.6 Å². The van der Waals surface area contributed by atoms with E-state index in [1.165, 1.54) is 19.9 Å². The van der Waals surface area contributed by atoms with Gasteiger partial charge in [-0.15, -0.1) is 0 Å². The van der Waals surface area contributed by atoms with Crippen LogP contribution in [0.25, 0.3) is 22.1 Å². The highest BCUT2D eigenvalue weighted by Gasteiger charge is 2.20. The minimum atomic E-state index is -0.523. The van der Waals surface area contributed by atoms with E-state index < -0.39 is 16.9 Å². The molecule has 11 nitrogen and oxygen atoms in total. The van der Waals surface area contributed by atoms with Crippen molar-refractivity contribution in [1.29, 1.82) is 0 Å². The van der Waals surface area contributed by atoms with E-state index in [2.05, 4.69) is 20.3 Å². The second-order valence-electron chi connectivity index (χ2n) is 7.70. The molecule has 0 aliphatic rings. The molecule has 0 saturated heterocycles. The van der Waals surface area contributed by atoms with Gasteiger partial charge in [-0.2, -0.15) is 9.97 Å². The lowest BCUT2D eigenvalue weighted by molar-refractivity contribution is 0.632. The second kappa shape index (κ2) is 7.48. The normalized spacial score (nSPS) is 11.5. The highest BCUT2D eigenvalue weighted by Crippen LogP contribution is 2.23. The fourth-order valence-corrected chi connectivity index (χ4v) is 4.12. The molecule has 2 N–H and O–H groups in total. The zero-order valence-corrected chi connectivity index (χ0v) is 18.7. The molecule has 168 valence electrons. The van der Waals surface area contributed by atoms with Gasteiger partial charge in [0.2, 0.25) is 5.95 Å². The predicted molar refractivity (Wildman–Crippen MR) is 125 cm³/mol. The molecule has 0 aliphatic heterocycles. The fraction of sp³-hybridized carbons (Fsp3) is 0.190. The molecule has 0 bridgehead atoms. The van der Waals surface area contributed by atoms with Crippen molar-refractivity contribution in [3.05, 3.63) is 78.6 Å². The number of nitrogens with one attached hydrogen (secondary N) is 2. The Morgan fingerprint density at radius 1 is 1.00 bits per heavy atom. The summed E-state index contributed by atoms with van der Waals surface area (Å²) in [4.78, 5) is 48.6. The summed E-state index contributed by atoms with van der Waals surface area (Å²) in [5.74, 6) is 0.531. The first kappa shape index (κ1) is 20.8. The van der Waals surface area contributed by atoms with E-state index in [1.807, 2.05) is 29.8 Å². The number of aromatic nitrogens is 7. The van der Waals surface area contributed by atoms with Crippen molar-refractivity contribution in [2.24, 2.45) is 21.1 Å². The maximum atomic E-state index is 13.4. The van der Waals surface area contributed by atoms with Crippen LogP contribution in [0.4, 0.5) is 11.8 Å². The molecule has 5 aromatic rings. The summed E-state index contributed by atoms with van der Waals surface area (Å²) in [6.45, 7) is 0.0772. The number of hydrogen-bond acceptors (Lipinski definition) is 6. The zero-order chi connectivity index (χ0) is 23.4. The van der Waals surface area contributed by atoms with Crippen LogP contribution in [0.1, 0.15) is 5.69 Å². The van der Waals surface area contributed by atoms with Gasteiger partial charge in [0.05, 0.1) is 6.54 Å². The van der Waals surface area contributed by atoms with Crippen LogP contribution in [-0.2, 0) is 27.7 Å². The number of aromatic amines is 1. The number of halogens is 1. The number of benzene rings is 1. The molecule has 33 heavy (non-hydrogen) atoms. The lowest BCUT2D eigenvalue weighted by atomic mass is 10.2. The third kappa shape index (κ3) is 3.33. The molecule has 0 spiro atoms. The van der Waals surface area contributed by atoms with Crippen LogP contribution in [0.2, 0.25) is 5.02 Å². The van der Waals surface area contributed by atoms with Gasteiger partial charge in [-0.3, -0.25) is 13.9 Å². The molecular formula is C21H19ClN8O3. The van der Waals surface area contributed by atoms with Crippen LogP contribution in [-0.4, -0.2) is 33.2 Å². The van der Waals surface area contributed by atoms with Crippen LogP contribution in [0.5, 0.6) is 0 Å². The number of rotatable bonds is 4. The van der Waals surface area contributed by atoms with Crippen LogP contribution in [0.15, 0.2) is 50.9 Å². The van der Waals surface area contributed by atoms with Gasteiger partial charge in [-0.05, 0) is 30.3 Å². The highest BCUT2D eigenvalue weighted by molar-refractivity contribution is 6.31. The number of aryl methyl sites for hydroxylation is 3. The molecule has 0 saturated carbocycles. The molecule has 4 heterocycles. The van der Waals surface area contributed by atoms with Crippen molar-refractivity contribution in [1.82, 2.24) is 33.2 Å². The average Bonchev–Trinajstić information content (AvgIpc) is 3.26. The fourth-order valence-electron chi connectivity index (χ4n) is 3.94. The average molecular weight is 467 g/mol. The summed E-state index contributed by atoms with van der Waals surface area (Å²) in [7, 11) is 5.09. The van der Waals surface area contributed by atoms with Crippen LogP contribution >= 0.6 is 11.6 Å². The minimum absolute atomic E-state index is 0.0772. The molecule has 0 atom stereocenters. The molecule has 0 aliphatic carbocycles. The number of imidazole rings is 1. The molecule has 12 heteroatoms. The van der Waals surface area contributed by atoms with Gasteiger partial charge in [0.25, 0.3) is 5.56 Å². The lowest BCUT2D eigenvalue weighted by Crippen LogP contribution is -2.40. The van der Waals surface area contributed by atoms with Crippen molar-refractivity contribution < 1.29 is 0 Å². The summed E-state index contributed by atoms with van der Waals surface area (Å²) in [5.41, 5.74) is 0.695. The Morgan fingerprint density at radius 2 is 1.79 bits per heavy atom. The molecule has 4 aromatic heterocycles. The van der Waals surface area contributed by atoms with E-state index in [1.54, 1.807) is 26.2 Å². The molecule has 5 rings (SSSR count). The predicted octanol–water partition coefficient (Wildman–Crippen LogP) is 1.45. The number of hydrogen-bond donors (Lipinski definition) is 2. The topological polar surface area (TPSA) is 125 Å². The maximum Gasteiger partial charge on any atom is 0.346 e. The Balaban J connectivity index is 1.64. The van der Waals surface area contributed by atoms with Gasteiger partial charge >= 0.3 is 11.4 Å². The summed E-state index contributed by atoms with van der Waals surface area (Å²) >= 11 is 6.11. The molecule has 0 radical (unpaired) electrons. The third-order valence-corrected chi connectivity index (χ3v) is 5.93. The molecule has 0 fully saturated rings. The molecule has 1 aromatic carbocycles. The molecule has 0 amide bonds. The molecule has 0 unspecified atom stereocenters. The van der Waals surface area contributed by atoms with Crippen molar-refractivity contribution in [3.8, 4) is 0 Å². The van der Waals surface area contributed by atoms with Gasteiger partial charge < -0.3 is 19.4 Å². The van der Waals surface area contributed by atoms with E-state index in [0.29, 0.717) is 5.02 Å². The Hall–Kier alpha value is -4.12. The lowest BCUT2D eigenvalue weighted by Gasteiger charge is -2.10. The van der Waals surface area contributed by atoms with Gasteiger partial charge in [0.1, 0.15) is 5.82 Å². The monoisotopic (exact) mass is 466 g/mol. The quantitative estimate of drug-likeness (QED) is 0.413. The van der Waals surface area contributed by atoms with Crippen molar-refractivity contribution in [3.63, 3.8) is 0 Å². The van der Waals surface area contributed by atoms with Gasteiger partial charge in [0.15, 0.2) is 11.2 Å². The van der Waals surface area contributed by atoms with E-state index in [9.17, 15) is 14.4 Å². The minimum Gasteiger partial charge on any atom is -0.346 e. The molecular weight excluding hydrogens is 448 g/mol. The second-order valence-corrected chi connectivity index (χ2v) is 8.14. The van der Waals surface area contributed by atoms with Crippen LogP contribution in [0.3, 0.4) is 0 Å². The Kier molecular flexibility index (Phi) is 4.71. The van der Waals surface area contributed by atoms with Crippen LogP contribution in [0, 0.1) is 0 Å². The van der Waals surface area contributed by atoms with Crippen LogP contribution < -0.4 is 22.3 Å². The van der Waals surface area contributed by atoms with Crippen molar-refractivity contribution >= 4 is 45.4 Å². The van der Waals surface area contributed by atoms with E-state index in [-0.39, 0.29) is 29.5 Å². The number of H-pyrrole nitrogens is 1. The standard InChI is InChI=1S/C21H19ClN8O3/c1-27-13(9-11-8-12(22)4-5-14(11)27)10-30-18(31)16-17(29(3)21(30)33)26-19(28(16)2)24-15-6-7-23-20(32)25-15/h4-9H,10H2,1-3H3,(H2,23,24,25,26,32). The van der Waals surface area contributed by atoms with Gasteiger partial charge in [-0.25, -0.2) is 9.59 Å². The van der Waals surface area contributed by atoms with E-state index in [0.717, 1.165) is 16.6 Å². The largest absolute Gasteiger partial charge is 0.346 e. The Labute approximate surface area is 190 Å². The SMILES string of the molecule is Cn1c(Cn2c(=O)c3c(nc(Nc4cc[nH]c(=O)n4)n3C)n(C)c2=O)cc2cc(Cl)ccc21.